The number of likely N-dealkylation sites (tertiary alicyclic amines) is 1. The highest BCUT2D eigenvalue weighted by molar-refractivity contribution is 5.85. The van der Waals surface area contributed by atoms with Crippen molar-refractivity contribution in [2.45, 2.75) is 32.7 Å². The topological polar surface area (TPSA) is 15.3 Å². The zero-order valence-electron chi connectivity index (χ0n) is 12.5. The van der Waals surface area contributed by atoms with Gasteiger partial charge in [-0.05, 0) is 76.0 Å². The maximum absolute atomic E-state index is 13.2. The fraction of sp³-hybridized carbons (Fsp3) is 0.625. The van der Waals surface area contributed by atoms with Crippen LogP contribution in [0.2, 0.25) is 0 Å². The Morgan fingerprint density at radius 3 is 2.60 bits per heavy atom. The smallest absolute Gasteiger partial charge is 0.126 e. The molecule has 0 spiro atoms. The average Bonchev–Trinajstić information content (AvgIpc) is 2.42. The lowest BCUT2D eigenvalue weighted by atomic mass is 9.93. The van der Waals surface area contributed by atoms with E-state index >= 15 is 0 Å². The molecule has 0 aromatic heterocycles. The van der Waals surface area contributed by atoms with Crippen molar-refractivity contribution in [3.8, 4) is 0 Å². The Morgan fingerprint density at radius 2 is 2.00 bits per heavy atom. The fourth-order valence-electron chi connectivity index (χ4n) is 2.85. The first-order valence-corrected chi connectivity index (χ1v) is 7.31. The third-order valence-electron chi connectivity index (χ3n) is 4.14. The summed E-state index contributed by atoms with van der Waals surface area (Å²) in [4.78, 5) is 2.49. The molecule has 1 heterocycles. The molecule has 0 unspecified atom stereocenters. The summed E-state index contributed by atoms with van der Waals surface area (Å²) in [6.45, 7) is 6.26. The van der Waals surface area contributed by atoms with E-state index in [0.29, 0.717) is 0 Å². The van der Waals surface area contributed by atoms with Crippen molar-refractivity contribution in [3.63, 3.8) is 0 Å². The number of rotatable bonds is 5. The standard InChI is InChI=1S/C16H25FN2.ClH/c1-13-11-15(3-4-16(13)17)12-19-9-6-14(7-10-19)5-8-18-2;/h3-4,11,14,18H,5-10,12H2,1-2H3;1H. The largest absolute Gasteiger partial charge is 0.320 e. The van der Waals surface area contributed by atoms with E-state index in [4.69, 9.17) is 0 Å². The molecule has 1 saturated heterocycles. The van der Waals surface area contributed by atoms with Crippen LogP contribution >= 0.6 is 12.4 Å². The van der Waals surface area contributed by atoms with Gasteiger partial charge in [0.15, 0.2) is 0 Å². The van der Waals surface area contributed by atoms with Crippen molar-refractivity contribution in [1.82, 2.24) is 10.2 Å². The van der Waals surface area contributed by atoms with Gasteiger partial charge in [0.25, 0.3) is 0 Å². The molecule has 2 rings (SSSR count). The van der Waals surface area contributed by atoms with Crippen LogP contribution in [0.15, 0.2) is 18.2 Å². The van der Waals surface area contributed by atoms with Gasteiger partial charge in [-0.2, -0.15) is 0 Å². The van der Waals surface area contributed by atoms with Crippen LogP contribution in [-0.4, -0.2) is 31.6 Å². The number of halogens is 2. The Balaban J connectivity index is 0.00000200. The molecule has 114 valence electrons. The van der Waals surface area contributed by atoms with Crippen molar-refractivity contribution in [2.75, 3.05) is 26.7 Å². The number of nitrogens with one attached hydrogen (secondary N) is 1. The molecule has 2 nitrogen and oxygen atoms in total. The van der Waals surface area contributed by atoms with Crippen LogP contribution in [0.5, 0.6) is 0 Å². The highest BCUT2D eigenvalue weighted by Crippen LogP contribution is 2.21. The van der Waals surface area contributed by atoms with Crippen molar-refractivity contribution in [1.29, 1.82) is 0 Å². The summed E-state index contributed by atoms with van der Waals surface area (Å²) in [6.07, 6.45) is 3.88. The van der Waals surface area contributed by atoms with Crippen molar-refractivity contribution < 1.29 is 4.39 Å². The molecule has 0 atom stereocenters. The van der Waals surface area contributed by atoms with E-state index in [9.17, 15) is 4.39 Å². The Kier molecular flexibility index (Phi) is 7.49. The maximum Gasteiger partial charge on any atom is 0.126 e. The molecule has 0 aliphatic carbocycles. The molecule has 20 heavy (non-hydrogen) atoms. The molecule has 0 bridgehead atoms. The van der Waals surface area contributed by atoms with E-state index in [1.165, 1.54) is 37.9 Å². The zero-order chi connectivity index (χ0) is 13.7. The predicted molar refractivity (Wildman–Crippen MR) is 84.9 cm³/mol. The molecule has 1 N–H and O–H groups in total. The first-order valence-electron chi connectivity index (χ1n) is 7.31. The lowest BCUT2D eigenvalue weighted by molar-refractivity contribution is 0.172. The summed E-state index contributed by atoms with van der Waals surface area (Å²) in [5.41, 5.74) is 1.98. The first-order chi connectivity index (χ1) is 9.19. The van der Waals surface area contributed by atoms with Gasteiger partial charge in [0.1, 0.15) is 5.82 Å². The highest BCUT2D eigenvalue weighted by atomic mass is 35.5. The van der Waals surface area contributed by atoms with Gasteiger partial charge >= 0.3 is 0 Å². The summed E-state index contributed by atoms with van der Waals surface area (Å²) in [6, 6.07) is 5.47. The van der Waals surface area contributed by atoms with Crippen molar-refractivity contribution in [2.24, 2.45) is 5.92 Å². The van der Waals surface area contributed by atoms with Crippen LogP contribution in [0.3, 0.4) is 0 Å². The SMILES string of the molecule is CNCCC1CCN(Cc2ccc(F)c(C)c2)CC1.Cl. The maximum atomic E-state index is 13.2. The summed E-state index contributed by atoms with van der Waals surface area (Å²) < 4.78 is 13.2. The summed E-state index contributed by atoms with van der Waals surface area (Å²) in [5, 5.41) is 3.23. The second-order valence-electron chi connectivity index (χ2n) is 5.70. The van der Waals surface area contributed by atoms with Crippen molar-refractivity contribution in [3.05, 3.63) is 35.1 Å². The van der Waals surface area contributed by atoms with Crippen LogP contribution in [0.4, 0.5) is 4.39 Å². The second-order valence-corrected chi connectivity index (χ2v) is 5.70. The molecule has 1 aromatic rings. The van der Waals surface area contributed by atoms with Crippen molar-refractivity contribution >= 4 is 12.4 Å². The number of nitrogens with zero attached hydrogens (tertiary/aromatic N) is 1. The van der Waals surface area contributed by atoms with Gasteiger partial charge in [-0.1, -0.05) is 12.1 Å². The number of aryl methyl sites for hydroxylation is 1. The average molecular weight is 301 g/mol. The van der Waals surface area contributed by atoms with Gasteiger partial charge in [-0.15, -0.1) is 12.4 Å². The molecule has 1 aliphatic rings. The van der Waals surface area contributed by atoms with E-state index in [1.807, 2.05) is 26.1 Å². The molecular weight excluding hydrogens is 275 g/mol. The monoisotopic (exact) mass is 300 g/mol. The van der Waals surface area contributed by atoms with Crippen LogP contribution in [0, 0.1) is 18.7 Å². The third kappa shape index (κ3) is 5.04. The normalized spacial score (nSPS) is 16.9. The van der Waals surface area contributed by atoms with Crippen LogP contribution in [0.25, 0.3) is 0 Å². The summed E-state index contributed by atoms with van der Waals surface area (Å²) in [7, 11) is 2.02. The third-order valence-corrected chi connectivity index (χ3v) is 4.14. The molecular formula is C16H26ClFN2. The van der Waals surface area contributed by atoms with E-state index in [-0.39, 0.29) is 18.2 Å². The van der Waals surface area contributed by atoms with Gasteiger partial charge in [-0.3, -0.25) is 4.90 Å². The minimum Gasteiger partial charge on any atom is -0.320 e. The van der Waals surface area contributed by atoms with Gasteiger partial charge in [0, 0.05) is 6.54 Å². The molecule has 1 aliphatic heterocycles. The lowest BCUT2D eigenvalue weighted by Gasteiger charge is -2.32. The molecule has 1 fully saturated rings. The number of hydrogen-bond donors (Lipinski definition) is 1. The quantitative estimate of drug-likeness (QED) is 0.897. The second kappa shape index (κ2) is 8.60. The number of benzene rings is 1. The molecule has 1 aromatic carbocycles. The van der Waals surface area contributed by atoms with Gasteiger partial charge < -0.3 is 5.32 Å². The van der Waals surface area contributed by atoms with Gasteiger partial charge in [0.05, 0.1) is 0 Å². The molecule has 0 amide bonds. The van der Waals surface area contributed by atoms with Crippen LogP contribution in [-0.2, 0) is 6.54 Å². The Bertz CT molecular complexity index is 403. The van der Waals surface area contributed by atoms with Gasteiger partial charge in [-0.25, -0.2) is 4.39 Å². The number of piperidine rings is 1. The molecule has 0 radical (unpaired) electrons. The summed E-state index contributed by atoms with van der Waals surface area (Å²) in [5.74, 6) is 0.771. The minimum absolute atomic E-state index is 0. The van der Waals surface area contributed by atoms with Gasteiger partial charge in [0.2, 0.25) is 0 Å². The fourth-order valence-corrected chi connectivity index (χ4v) is 2.85. The van der Waals surface area contributed by atoms with Crippen LogP contribution < -0.4 is 5.32 Å². The van der Waals surface area contributed by atoms with E-state index < -0.39 is 0 Å². The van der Waals surface area contributed by atoms with Crippen LogP contribution in [0.1, 0.15) is 30.4 Å². The zero-order valence-corrected chi connectivity index (χ0v) is 13.3. The molecule has 0 saturated carbocycles. The van der Waals surface area contributed by atoms with E-state index in [1.54, 1.807) is 6.07 Å². The van der Waals surface area contributed by atoms with E-state index in [0.717, 1.165) is 24.6 Å². The first kappa shape index (κ1) is 17.4. The Hall–Kier alpha value is -0.640. The molecule has 4 heteroatoms. The lowest BCUT2D eigenvalue weighted by Crippen LogP contribution is -2.34. The Morgan fingerprint density at radius 1 is 1.30 bits per heavy atom. The van der Waals surface area contributed by atoms with E-state index in [2.05, 4.69) is 10.2 Å². The number of hydrogen-bond acceptors (Lipinski definition) is 2. The predicted octanol–water partition coefficient (Wildman–Crippen LogP) is 3.38. The summed E-state index contributed by atoms with van der Waals surface area (Å²) >= 11 is 0. The highest BCUT2D eigenvalue weighted by Gasteiger charge is 2.18. The Labute approximate surface area is 128 Å². The minimum atomic E-state index is -0.102.